The first-order chi connectivity index (χ1) is 8.52. The van der Waals surface area contributed by atoms with E-state index in [1.165, 1.54) is 5.56 Å². The van der Waals surface area contributed by atoms with Gasteiger partial charge in [-0.1, -0.05) is 38.1 Å². The molecule has 0 aromatic heterocycles. The molecule has 1 aromatic rings. The summed E-state index contributed by atoms with van der Waals surface area (Å²) in [4.78, 5) is 13.8. The van der Waals surface area contributed by atoms with Crippen LogP contribution in [0.25, 0.3) is 0 Å². The summed E-state index contributed by atoms with van der Waals surface area (Å²) in [5.41, 5.74) is 2.44. The number of hydrogen-bond donors (Lipinski definition) is 1. The van der Waals surface area contributed by atoms with Crippen molar-refractivity contribution in [3.05, 3.63) is 35.4 Å². The normalized spacial score (nSPS) is 12.5. The number of benzene rings is 1. The highest BCUT2D eigenvalue weighted by molar-refractivity contribution is 5.78. The van der Waals surface area contributed by atoms with Gasteiger partial charge < -0.3 is 10.2 Å². The first-order valence-corrected chi connectivity index (χ1v) is 6.53. The van der Waals surface area contributed by atoms with E-state index in [4.69, 9.17) is 0 Å². The first kappa shape index (κ1) is 14.7. The van der Waals surface area contributed by atoms with Gasteiger partial charge in [0.25, 0.3) is 0 Å². The van der Waals surface area contributed by atoms with Crippen molar-refractivity contribution in [3.63, 3.8) is 0 Å². The molecule has 18 heavy (non-hydrogen) atoms. The lowest BCUT2D eigenvalue weighted by Crippen LogP contribution is -2.28. The fraction of sp³-hybridized carbons (Fsp3) is 0.533. The molecule has 0 radical (unpaired) electrons. The van der Waals surface area contributed by atoms with Crippen LogP contribution in [0.4, 0.5) is 0 Å². The number of hydrogen-bond acceptors (Lipinski definition) is 2. The highest BCUT2D eigenvalue weighted by Gasteiger charge is 2.09. The van der Waals surface area contributed by atoms with Crippen molar-refractivity contribution >= 4 is 5.91 Å². The van der Waals surface area contributed by atoms with Crippen LogP contribution in [-0.2, 0) is 17.9 Å². The lowest BCUT2D eigenvalue weighted by Gasteiger charge is -2.12. The molecule has 0 saturated carbocycles. The second-order valence-corrected chi connectivity index (χ2v) is 5.08. The maximum absolute atomic E-state index is 11.6. The van der Waals surface area contributed by atoms with E-state index in [1.54, 1.807) is 0 Å². The largest absolute Gasteiger partial charge is 0.352 e. The van der Waals surface area contributed by atoms with E-state index in [-0.39, 0.29) is 11.8 Å². The summed E-state index contributed by atoms with van der Waals surface area (Å²) >= 11 is 0. The van der Waals surface area contributed by atoms with Crippen LogP contribution >= 0.6 is 0 Å². The molecule has 1 atom stereocenters. The molecule has 0 aliphatic rings. The summed E-state index contributed by atoms with van der Waals surface area (Å²) in [7, 11) is 4.11. The van der Waals surface area contributed by atoms with Crippen molar-refractivity contribution in [1.82, 2.24) is 10.2 Å². The van der Waals surface area contributed by atoms with E-state index < -0.39 is 0 Å². The molecule has 0 aliphatic carbocycles. The summed E-state index contributed by atoms with van der Waals surface area (Å²) in [6.07, 6.45) is 0.883. The zero-order valence-electron chi connectivity index (χ0n) is 11.9. The van der Waals surface area contributed by atoms with Gasteiger partial charge in [-0.15, -0.1) is 0 Å². The van der Waals surface area contributed by atoms with E-state index in [2.05, 4.69) is 48.6 Å². The Hall–Kier alpha value is -1.35. The quantitative estimate of drug-likeness (QED) is 0.838. The van der Waals surface area contributed by atoms with E-state index in [0.29, 0.717) is 6.54 Å². The minimum absolute atomic E-state index is 0.0954. The maximum Gasteiger partial charge on any atom is 0.223 e. The molecular weight excluding hydrogens is 224 g/mol. The first-order valence-electron chi connectivity index (χ1n) is 6.53. The summed E-state index contributed by atoms with van der Waals surface area (Å²) in [5.74, 6) is 0.230. The zero-order chi connectivity index (χ0) is 13.5. The van der Waals surface area contributed by atoms with Gasteiger partial charge in [0, 0.05) is 19.0 Å². The number of nitrogens with zero attached hydrogens (tertiary/aromatic N) is 1. The third-order valence-electron chi connectivity index (χ3n) is 3.05. The van der Waals surface area contributed by atoms with Crippen LogP contribution in [0.3, 0.4) is 0 Å². The number of carbonyl (C=O) groups excluding carboxylic acids is 1. The summed E-state index contributed by atoms with van der Waals surface area (Å²) in [6.45, 7) is 5.54. The molecule has 0 aliphatic heterocycles. The predicted molar refractivity (Wildman–Crippen MR) is 75.1 cm³/mol. The van der Waals surface area contributed by atoms with Crippen molar-refractivity contribution in [2.75, 3.05) is 14.1 Å². The molecule has 0 spiro atoms. The van der Waals surface area contributed by atoms with Gasteiger partial charge in [0.05, 0.1) is 0 Å². The van der Waals surface area contributed by atoms with Gasteiger partial charge in [-0.3, -0.25) is 4.79 Å². The Balaban J connectivity index is 2.46. The van der Waals surface area contributed by atoms with Gasteiger partial charge in [-0.2, -0.15) is 0 Å². The topological polar surface area (TPSA) is 32.3 Å². The SMILES string of the molecule is CCC(C)C(=O)NCc1ccc(CN(C)C)cc1. The molecule has 1 amide bonds. The van der Waals surface area contributed by atoms with Gasteiger partial charge in [-0.05, 0) is 31.6 Å². The van der Waals surface area contributed by atoms with E-state index in [0.717, 1.165) is 18.5 Å². The Morgan fingerprint density at radius 3 is 2.28 bits per heavy atom. The minimum Gasteiger partial charge on any atom is -0.352 e. The van der Waals surface area contributed by atoms with Crippen molar-refractivity contribution in [1.29, 1.82) is 0 Å². The third-order valence-corrected chi connectivity index (χ3v) is 3.05. The van der Waals surface area contributed by atoms with Crippen LogP contribution < -0.4 is 5.32 Å². The lowest BCUT2D eigenvalue weighted by atomic mass is 10.1. The standard InChI is InChI=1S/C15H24N2O/c1-5-12(2)15(18)16-10-13-6-8-14(9-7-13)11-17(3)4/h6-9,12H,5,10-11H2,1-4H3,(H,16,18). The molecule has 1 N–H and O–H groups in total. The molecule has 3 nitrogen and oxygen atoms in total. The minimum atomic E-state index is 0.0954. The third kappa shape index (κ3) is 4.88. The lowest BCUT2D eigenvalue weighted by molar-refractivity contribution is -0.124. The number of carbonyl (C=O) groups is 1. The summed E-state index contributed by atoms with van der Waals surface area (Å²) in [6, 6.07) is 8.39. The molecule has 0 bridgehead atoms. The Kier molecular flexibility index (Phi) is 5.86. The van der Waals surface area contributed by atoms with Gasteiger partial charge in [-0.25, -0.2) is 0 Å². The molecule has 1 aromatic carbocycles. The average molecular weight is 248 g/mol. The molecule has 1 rings (SSSR count). The van der Waals surface area contributed by atoms with Crippen molar-refractivity contribution < 1.29 is 4.79 Å². The Bertz CT molecular complexity index is 371. The van der Waals surface area contributed by atoms with E-state index in [9.17, 15) is 4.79 Å². The average Bonchev–Trinajstić information content (AvgIpc) is 2.36. The smallest absolute Gasteiger partial charge is 0.223 e. The van der Waals surface area contributed by atoms with Crippen molar-refractivity contribution in [3.8, 4) is 0 Å². The molecule has 0 fully saturated rings. The molecule has 0 heterocycles. The predicted octanol–water partition coefficient (Wildman–Crippen LogP) is 2.41. The van der Waals surface area contributed by atoms with Crippen LogP contribution in [0.15, 0.2) is 24.3 Å². The molecule has 100 valence electrons. The molecular formula is C15H24N2O. The zero-order valence-corrected chi connectivity index (χ0v) is 11.9. The second kappa shape index (κ2) is 7.17. The van der Waals surface area contributed by atoms with Gasteiger partial charge in [0.2, 0.25) is 5.91 Å². The fourth-order valence-corrected chi connectivity index (χ4v) is 1.68. The number of rotatable bonds is 6. The van der Waals surface area contributed by atoms with Crippen molar-refractivity contribution in [2.24, 2.45) is 5.92 Å². The van der Waals surface area contributed by atoms with E-state index >= 15 is 0 Å². The van der Waals surface area contributed by atoms with Crippen LogP contribution in [0.1, 0.15) is 31.4 Å². The Morgan fingerprint density at radius 1 is 1.22 bits per heavy atom. The Morgan fingerprint density at radius 2 is 1.78 bits per heavy atom. The van der Waals surface area contributed by atoms with Crippen LogP contribution in [0.2, 0.25) is 0 Å². The summed E-state index contributed by atoms with van der Waals surface area (Å²) < 4.78 is 0. The van der Waals surface area contributed by atoms with Gasteiger partial charge in [0.1, 0.15) is 0 Å². The highest BCUT2D eigenvalue weighted by atomic mass is 16.1. The second-order valence-electron chi connectivity index (χ2n) is 5.08. The van der Waals surface area contributed by atoms with Gasteiger partial charge >= 0.3 is 0 Å². The number of nitrogens with one attached hydrogen (secondary N) is 1. The molecule has 0 saturated heterocycles. The van der Waals surface area contributed by atoms with Crippen molar-refractivity contribution in [2.45, 2.75) is 33.4 Å². The van der Waals surface area contributed by atoms with Crippen LogP contribution in [0, 0.1) is 5.92 Å². The number of amides is 1. The molecule has 3 heteroatoms. The highest BCUT2D eigenvalue weighted by Crippen LogP contribution is 2.07. The molecule has 1 unspecified atom stereocenters. The Labute approximate surface area is 110 Å². The van der Waals surface area contributed by atoms with E-state index in [1.807, 2.05) is 13.8 Å². The maximum atomic E-state index is 11.6. The van der Waals surface area contributed by atoms with Crippen LogP contribution in [0.5, 0.6) is 0 Å². The fourth-order valence-electron chi connectivity index (χ4n) is 1.68. The van der Waals surface area contributed by atoms with Crippen LogP contribution in [-0.4, -0.2) is 24.9 Å². The monoisotopic (exact) mass is 248 g/mol. The summed E-state index contributed by atoms with van der Waals surface area (Å²) in [5, 5.41) is 2.96. The van der Waals surface area contributed by atoms with Gasteiger partial charge in [0.15, 0.2) is 0 Å².